The highest BCUT2D eigenvalue weighted by molar-refractivity contribution is 5.95. The van der Waals surface area contributed by atoms with Crippen molar-refractivity contribution >= 4 is 11.7 Å². The van der Waals surface area contributed by atoms with E-state index in [0.717, 1.165) is 29.2 Å². The maximum absolute atomic E-state index is 12.8. The van der Waals surface area contributed by atoms with Crippen LogP contribution in [-0.4, -0.2) is 39.8 Å². The minimum Gasteiger partial charge on any atom is -0.363 e. The van der Waals surface area contributed by atoms with Crippen LogP contribution >= 0.6 is 0 Å². The molecule has 1 aromatic carbocycles. The smallest absolute Gasteiger partial charge is 0.251 e. The number of aromatic nitrogens is 4. The van der Waals surface area contributed by atoms with Crippen LogP contribution in [0.3, 0.4) is 0 Å². The van der Waals surface area contributed by atoms with Crippen LogP contribution in [0.2, 0.25) is 0 Å². The summed E-state index contributed by atoms with van der Waals surface area (Å²) < 4.78 is 1.79. The Labute approximate surface area is 159 Å². The molecule has 0 radical (unpaired) electrons. The predicted molar refractivity (Wildman–Crippen MR) is 106 cm³/mol. The fourth-order valence-corrected chi connectivity index (χ4v) is 2.92. The zero-order valence-corrected chi connectivity index (χ0v) is 16.0. The first-order valence-corrected chi connectivity index (χ1v) is 8.88. The molecular weight excluding hydrogens is 340 g/mol. The summed E-state index contributed by atoms with van der Waals surface area (Å²) in [5.74, 6) is 0.698. The Kier molecular flexibility index (Phi) is 5.49. The molecule has 7 heteroatoms. The third kappa shape index (κ3) is 4.13. The number of rotatable bonds is 6. The first kappa shape index (κ1) is 18.6. The van der Waals surface area contributed by atoms with Gasteiger partial charge in [-0.1, -0.05) is 19.1 Å². The van der Waals surface area contributed by atoms with Gasteiger partial charge in [-0.25, -0.2) is 9.97 Å². The molecule has 0 saturated carbocycles. The average molecular weight is 364 g/mol. The molecule has 0 saturated heterocycles. The summed E-state index contributed by atoms with van der Waals surface area (Å²) >= 11 is 0. The molecule has 27 heavy (non-hydrogen) atoms. The lowest BCUT2D eigenvalue weighted by Crippen LogP contribution is -2.29. The standard InChI is InChI=1S/C20H24N6O/c1-5-16(18-9-10-23-26(18)4)24-20(27)15-8-6-7-14(11-15)17-12-19(25(2)3)22-13-21-17/h6-13,16H,5H2,1-4H3,(H,24,27). The molecule has 140 valence electrons. The Bertz CT molecular complexity index is 933. The van der Waals surface area contributed by atoms with Gasteiger partial charge in [-0.15, -0.1) is 0 Å². The van der Waals surface area contributed by atoms with Crippen LogP contribution in [0.4, 0.5) is 5.82 Å². The van der Waals surface area contributed by atoms with Gasteiger partial charge in [-0.2, -0.15) is 5.10 Å². The van der Waals surface area contributed by atoms with Crippen LogP contribution in [0, 0.1) is 0 Å². The van der Waals surface area contributed by atoms with Gasteiger partial charge >= 0.3 is 0 Å². The van der Waals surface area contributed by atoms with Crippen LogP contribution in [0.15, 0.2) is 48.9 Å². The van der Waals surface area contributed by atoms with Crippen LogP contribution in [0.25, 0.3) is 11.3 Å². The van der Waals surface area contributed by atoms with E-state index in [1.165, 1.54) is 6.33 Å². The van der Waals surface area contributed by atoms with Gasteiger partial charge in [-0.05, 0) is 24.6 Å². The van der Waals surface area contributed by atoms with E-state index >= 15 is 0 Å². The van der Waals surface area contributed by atoms with E-state index in [1.54, 1.807) is 10.9 Å². The zero-order valence-electron chi connectivity index (χ0n) is 16.0. The number of benzene rings is 1. The van der Waals surface area contributed by atoms with Gasteiger partial charge in [0.25, 0.3) is 5.91 Å². The number of amides is 1. The van der Waals surface area contributed by atoms with Gasteiger partial charge in [0.1, 0.15) is 12.1 Å². The highest BCUT2D eigenvalue weighted by Crippen LogP contribution is 2.22. The summed E-state index contributed by atoms with van der Waals surface area (Å²) in [5, 5.41) is 7.28. The Hall–Kier alpha value is -3.22. The summed E-state index contributed by atoms with van der Waals surface area (Å²) in [6, 6.07) is 11.2. The Morgan fingerprint density at radius 1 is 1.22 bits per heavy atom. The van der Waals surface area contributed by atoms with Gasteiger partial charge in [0.15, 0.2) is 0 Å². The molecule has 2 aromatic heterocycles. The van der Waals surface area contributed by atoms with Gasteiger partial charge in [0, 0.05) is 44.5 Å². The van der Waals surface area contributed by atoms with Crippen molar-refractivity contribution in [2.75, 3.05) is 19.0 Å². The number of nitrogens with zero attached hydrogens (tertiary/aromatic N) is 5. The van der Waals surface area contributed by atoms with Crippen LogP contribution in [0.5, 0.6) is 0 Å². The third-order valence-corrected chi connectivity index (χ3v) is 4.46. The highest BCUT2D eigenvalue weighted by atomic mass is 16.1. The molecule has 3 rings (SSSR count). The molecule has 0 aliphatic carbocycles. The lowest BCUT2D eigenvalue weighted by Gasteiger charge is -2.17. The van der Waals surface area contributed by atoms with Crippen molar-refractivity contribution in [3.8, 4) is 11.3 Å². The largest absolute Gasteiger partial charge is 0.363 e. The number of aryl methyl sites for hydroxylation is 1. The molecule has 2 heterocycles. The second-order valence-corrected chi connectivity index (χ2v) is 6.55. The van der Waals surface area contributed by atoms with Crippen LogP contribution in [-0.2, 0) is 7.05 Å². The number of hydrogen-bond donors (Lipinski definition) is 1. The fraction of sp³-hybridized carbons (Fsp3) is 0.300. The minimum atomic E-state index is -0.119. The van der Waals surface area contributed by atoms with Gasteiger partial charge < -0.3 is 10.2 Å². The van der Waals surface area contributed by atoms with Crippen molar-refractivity contribution in [1.29, 1.82) is 0 Å². The first-order chi connectivity index (χ1) is 13.0. The number of anilines is 1. The van der Waals surface area contributed by atoms with E-state index in [9.17, 15) is 4.79 Å². The Morgan fingerprint density at radius 3 is 2.70 bits per heavy atom. The van der Waals surface area contributed by atoms with Crippen molar-refractivity contribution in [2.24, 2.45) is 7.05 Å². The molecule has 0 bridgehead atoms. The molecule has 0 aliphatic heterocycles. The van der Waals surface area contributed by atoms with Gasteiger partial charge in [-0.3, -0.25) is 9.48 Å². The van der Waals surface area contributed by atoms with Crippen molar-refractivity contribution in [1.82, 2.24) is 25.1 Å². The molecule has 1 unspecified atom stereocenters. The lowest BCUT2D eigenvalue weighted by atomic mass is 10.1. The molecule has 1 atom stereocenters. The van der Waals surface area contributed by atoms with Crippen molar-refractivity contribution < 1.29 is 4.79 Å². The molecular formula is C20H24N6O. The zero-order chi connectivity index (χ0) is 19.4. The SMILES string of the molecule is CCC(NC(=O)c1cccc(-c2cc(N(C)C)ncn2)c1)c1ccnn1C. The summed E-state index contributed by atoms with van der Waals surface area (Å²) in [5.41, 5.74) is 3.23. The first-order valence-electron chi connectivity index (χ1n) is 8.88. The summed E-state index contributed by atoms with van der Waals surface area (Å²) in [6.45, 7) is 2.04. The topological polar surface area (TPSA) is 75.9 Å². The molecule has 1 N–H and O–H groups in total. The molecule has 7 nitrogen and oxygen atoms in total. The highest BCUT2D eigenvalue weighted by Gasteiger charge is 2.17. The molecule has 1 amide bonds. The van der Waals surface area contributed by atoms with Crippen LogP contribution in [0.1, 0.15) is 35.4 Å². The summed E-state index contributed by atoms with van der Waals surface area (Å²) in [7, 11) is 5.74. The predicted octanol–water partition coefficient (Wildman–Crippen LogP) is 2.82. The summed E-state index contributed by atoms with van der Waals surface area (Å²) in [6.07, 6.45) is 4.05. The normalized spacial score (nSPS) is 11.9. The third-order valence-electron chi connectivity index (χ3n) is 4.46. The molecule has 0 spiro atoms. The van der Waals surface area contributed by atoms with E-state index in [-0.39, 0.29) is 11.9 Å². The Balaban J connectivity index is 1.83. The van der Waals surface area contributed by atoms with Crippen molar-refractivity contribution in [3.05, 3.63) is 60.2 Å². The van der Waals surface area contributed by atoms with E-state index in [4.69, 9.17) is 0 Å². The van der Waals surface area contributed by atoms with E-state index < -0.39 is 0 Å². The summed E-state index contributed by atoms with van der Waals surface area (Å²) in [4.78, 5) is 23.3. The number of hydrogen-bond acceptors (Lipinski definition) is 5. The van der Waals surface area contributed by atoms with E-state index in [2.05, 4.69) is 20.4 Å². The fourth-order valence-electron chi connectivity index (χ4n) is 2.92. The Morgan fingerprint density at radius 2 is 2.04 bits per heavy atom. The second kappa shape index (κ2) is 7.99. The maximum atomic E-state index is 12.8. The van der Waals surface area contributed by atoms with Gasteiger partial charge in [0.05, 0.1) is 17.4 Å². The van der Waals surface area contributed by atoms with Gasteiger partial charge in [0.2, 0.25) is 0 Å². The second-order valence-electron chi connectivity index (χ2n) is 6.55. The molecule has 0 fully saturated rings. The number of carbonyl (C=O) groups excluding carboxylic acids is 1. The quantitative estimate of drug-likeness (QED) is 0.728. The van der Waals surface area contributed by atoms with E-state index in [1.807, 2.05) is 69.4 Å². The van der Waals surface area contributed by atoms with Crippen molar-refractivity contribution in [3.63, 3.8) is 0 Å². The van der Waals surface area contributed by atoms with Crippen LogP contribution < -0.4 is 10.2 Å². The maximum Gasteiger partial charge on any atom is 0.251 e. The van der Waals surface area contributed by atoms with E-state index in [0.29, 0.717) is 5.56 Å². The molecule has 0 aliphatic rings. The average Bonchev–Trinajstić information content (AvgIpc) is 3.12. The van der Waals surface area contributed by atoms with Crippen molar-refractivity contribution in [2.45, 2.75) is 19.4 Å². The number of carbonyl (C=O) groups is 1. The monoisotopic (exact) mass is 364 g/mol. The minimum absolute atomic E-state index is 0.0898. The number of nitrogens with one attached hydrogen (secondary N) is 1. The lowest BCUT2D eigenvalue weighted by molar-refractivity contribution is 0.0934. The molecule has 3 aromatic rings.